The van der Waals surface area contributed by atoms with Crippen LogP contribution in [0, 0.1) is 12.8 Å². The lowest BCUT2D eigenvalue weighted by Crippen LogP contribution is -2.42. The summed E-state index contributed by atoms with van der Waals surface area (Å²) in [5.74, 6) is -1.01. The van der Waals surface area contributed by atoms with Crippen molar-refractivity contribution in [2.45, 2.75) is 30.4 Å². The van der Waals surface area contributed by atoms with Crippen molar-refractivity contribution in [2.24, 2.45) is 5.92 Å². The van der Waals surface area contributed by atoms with Gasteiger partial charge >= 0.3 is 0 Å². The Morgan fingerprint density at radius 3 is 2.24 bits per heavy atom. The second kappa shape index (κ2) is 11.5. The SMILES string of the molecule is Cc1ccnc(NS(=O)(=O)c2ccc(NC(=O)C3CCN(S(=O)(=O)Cc4c(Cl)cccc4Cl)CC3)cc2)n1. The number of carbonyl (C=O) groups is 1. The van der Waals surface area contributed by atoms with Gasteiger partial charge in [-0.3, -0.25) is 4.79 Å². The van der Waals surface area contributed by atoms with Crippen LogP contribution in [0.15, 0.2) is 59.6 Å². The Morgan fingerprint density at radius 2 is 1.63 bits per heavy atom. The Kier molecular flexibility index (Phi) is 8.58. The van der Waals surface area contributed by atoms with E-state index in [9.17, 15) is 21.6 Å². The molecule has 0 bridgehead atoms. The zero-order valence-corrected chi connectivity index (χ0v) is 23.4. The summed E-state index contributed by atoms with van der Waals surface area (Å²) in [6, 6.07) is 12.2. The van der Waals surface area contributed by atoms with Crippen molar-refractivity contribution in [3.63, 3.8) is 0 Å². The Balaban J connectivity index is 1.33. The molecular weight excluding hydrogens is 573 g/mol. The lowest BCUT2D eigenvalue weighted by molar-refractivity contribution is -0.120. The average molecular weight is 599 g/mol. The van der Waals surface area contributed by atoms with E-state index in [1.54, 1.807) is 31.2 Å². The van der Waals surface area contributed by atoms with Crippen LogP contribution in [-0.2, 0) is 30.6 Å². The molecule has 1 saturated heterocycles. The molecule has 0 unspecified atom stereocenters. The van der Waals surface area contributed by atoms with Gasteiger partial charge in [-0.1, -0.05) is 29.3 Å². The molecule has 14 heteroatoms. The highest BCUT2D eigenvalue weighted by Gasteiger charge is 2.32. The predicted molar refractivity (Wildman–Crippen MR) is 146 cm³/mol. The highest BCUT2D eigenvalue weighted by atomic mass is 35.5. The maximum Gasteiger partial charge on any atom is 0.264 e. The Hall–Kier alpha value is -2.77. The Morgan fingerprint density at radius 1 is 1.00 bits per heavy atom. The maximum atomic E-state index is 12.9. The van der Waals surface area contributed by atoms with Gasteiger partial charge in [0.2, 0.25) is 21.9 Å². The van der Waals surface area contributed by atoms with Gasteiger partial charge < -0.3 is 5.32 Å². The van der Waals surface area contributed by atoms with Crippen LogP contribution >= 0.6 is 23.2 Å². The number of piperidine rings is 1. The highest BCUT2D eigenvalue weighted by molar-refractivity contribution is 7.92. The number of nitrogens with one attached hydrogen (secondary N) is 2. The summed E-state index contributed by atoms with van der Waals surface area (Å²) in [4.78, 5) is 20.7. The summed E-state index contributed by atoms with van der Waals surface area (Å²) < 4.78 is 54.7. The van der Waals surface area contributed by atoms with Crippen molar-refractivity contribution in [3.8, 4) is 0 Å². The van der Waals surface area contributed by atoms with Crippen molar-refractivity contribution in [3.05, 3.63) is 76.0 Å². The van der Waals surface area contributed by atoms with E-state index in [2.05, 4.69) is 20.0 Å². The number of carbonyl (C=O) groups excluding carboxylic acids is 1. The number of benzene rings is 2. The first-order valence-corrected chi connectivity index (χ1v) is 15.4. The molecule has 0 aliphatic carbocycles. The number of aryl methyl sites for hydroxylation is 1. The molecule has 0 radical (unpaired) electrons. The van der Waals surface area contributed by atoms with Gasteiger partial charge in [0.1, 0.15) is 0 Å². The third kappa shape index (κ3) is 6.80. The fraction of sp³-hybridized carbons (Fsp3) is 0.292. The zero-order valence-electron chi connectivity index (χ0n) is 20.3. The first kappa shape index (κ1) is 28.2. The minimum absolute atomic E-state index is 0.0160. The van der Waals surface area contributed by atoms with Crippen LogP contribution in [0.5, 0.6) is 0 Å². The van der Waals surface area contributed by atoms with E-state index in [0.717, 1.165) is 0 Å². The molecule has 1 aliphatic rings. The van der Waals surface area contributed by atoms with E-state index in [-0.39, 0.29) is 45.6 Å². The largest absolute Gasteiger partial charge is 0.326 e. The van der Waals surface area contributed by atoms with Gasteiger partial charge in [-0.2, -0.15) is 0 Å². The quantitative estimate of drug-likeness (QED) is 0.399. The number of hydrogen-bond donors (Lipinski definition) is 2. The summed E-state index contributed by atoms with van der Waals surface area (Å²) in [5.41, 5.74) is 1.39. The highest BCUT2D eigenvalue weighted by Crippen LogP contribution is 2.29. The normalized spacial score (nSPS) is 15.2. The number of amides is 1. The third-order valence-corrected chi connectivity index (χ3v) is 9.92. The van der Waals surface area contributed by atoms with Crippen molar-refractivity contribution in [1.29, 1.82) is 0 Å². The fourth-order valence-electron chi connectivity index (χ4n) is 3.98. The molecule has 1 aromatic heterocycles. The van der Waals surface area contributed by atoms with Crippen LogP contribution in [0.25, 0.3) is 0 Å². The van der Waals surface area contributed by atoms with Crippen LogP contribution in [0.3, 0.4) is 0 Å². The standard InChI is InChI=1S/C24H25Cl2N5O5S2/c1-16-9-12-27-24(28-16)30-38(35,36)19-7-5-18(6-8-19)29-23(32)17-10-13-31(14-11-17)37(33,34)15-20-21(25)3-2-4-22(20)26/h2-9,12,17H,10-11,13-15H2,1H3,(H,29,32)(H,27,28,30). The predicted octanol–water partition coefficient (Wildman–Crippen LogP) is 4.07. The molecule has 2 N–H and O–H groups in total. The van der Waals surface area contributed by atoms with Crippen molar-refractivity contribution in [1.82, 2.24) is 14.3 Å². The lowest BCUT2D eigenvalue weighted by Gasteiger charge is -2.30. The van der Waals surface area contributed by atoms with Gasteiger partial charge in [-0.25, -0.2) is 35.8 Å². The molecule has 2 aromatic carbocycles. The minimum atomic E-state index is -3.91. The number of hydrogen-bond acceptors (Lipinski definition) is 7. The molecule has 38 heavy (non-hydrogen) atoms. The summed E-state index contributed by atoms with van der Waals surface area (Å²) in [5, 5.41) is 3.35. The number of anilines is 2. The van der Waals surface area contributed by atoms with Gasteiger partial charge in [-0.05, 0) is 62.2 Å². The van der Waals surface area contributed by atoms with Crippen LogP contribution in [0.1, 0.15) is 24.1 Å². The molecule has 1 amide bonds. The molecule has 202 valence electrons. The van der Waals surface area contributed by atoms with Crippen molar-refractivity contribution < 1.29 is 21.6 Å². The molecular formula is C24H25Cl2N5O5S2. The summed E-state index contributed by atoms with van der Waals surface area (Å²) in [6.45, 7) is 2.09. The first-order chi connectivity index (χ1) is 17.9. The molecule has 1 aliphatic heterocycles. The van der Waals surface area contributed by atoms with E-state index in [1.807, 2.05) is 0 Å². The topological polar surface area (TPSA) is 138 Å². The summed E-state index contributed by atoms with van der Waals surface area (Å²) in [6.07, 6.45) is 2.13. The second-order valence-corrected chi connectivity index (χ2v) is 13.2. The van der Waals surface area contributed by atoms with Crippen LogP contribution in [0.4, 0.5) is 11.6 Å². The van der Waals surface area contributed by atoms with E-state index < -0.39 is 26.0 Å². The molecule has 10 nitrogen and oxygen atoms in total. The number of rotatable bonds is 8. The smallest absolute Gasteiger partial charge is 0.264 e. The fourth-order valence-corrected chi connectivity index (χ4v) is 7.25. The monoisotopic (exact) mass is 597 g/mol. The van der Waals surface area contributed by atoms with E-state index in [0.29, 0.717) is 29.8 Å². The molecule has 2 heterocycles. The molecule has 0 atom stereocenters. The minimum Gasteiger partial charge on any atom is -0.326 e. The number of aromatic nitrogens is 2. The van der Waals surface area contributed by atoms with Gasteiger partial charge in [0.15, 0.2) is 0 Å². The third-order valence-electron chi connectivity index (χ3n) is 6.06. The first-order valence-electron chi connectivity index (χ1n) is 11.6. The van der Waals surface area contributed by atoms with E-state index in [4.69, 9.17) is 23.2 Å². The number of nitrogens with zero attached hydrogens (tertiary/aromatic N) is 3. The van der Waals surface area contributed by atoms with Crippen molar-refractivity contribution in [2.75, 3.05) is 23.1 Å². The van der Waals surface area contributed by atoms with E-state index in [1.165, 1.54) is 34.8 Å². The van der Waals surface area contributed by atoms with Crippen LogP contribution in [-0.4, -0.2) is 50.1 Å². The van der Waals surface area contributed by atoms with Crippen LogP contribution in [0.2, 0.25) is 10.0 Å². The van der Waals surface area contributed by atoms with Gasteiger partial charge in [0, 0.05) is 52.2 Å². The Labute approximate surface area is 231 Å². The maximum absolute atomic E-state index is 12.9. The number of sulfonamides is 2. The average Bonchev–Trinajstić information content (AvgIpc) is 2.86. The van der Waals surface area contributed by atoms with Gasteiger partial charge in [0.05, 0.1) is 10.6 Å². The molecule has 3 aromatic rings. The van der Waals surface area contributed by atoms with Crippen molar-refractivity contribution >= 4 is 60.8 Å². The molecule has 0 spiro atoms. The second-order valence-electron chi connectivity index (χ2n) is 8.77. The number of halogens is 2. The Bertz CT molecular complexity index is 1520. The lowest BCUT2D eigenvalue weighted by atomic mass is 9.97. The molecule has 4 rings (SSSR count). The zero-order chi connectivity index (χ0) is 27.5. The van der Waals surface area contributed by atoms with E-state index >= 15 is 0 Å². The van der Waals surface area contributed by atoms with Gasteiger partial charge in [-0.15, -0.1) is 0 Å². The summed E-state index contributed by atoms with van der Waals surface area (Å²) >= 11 is 12.3. The van der Waals surface area contributed by atoms with Gasteiger partial charge in [0.25, 0.3) is 10.0 Å². The summed E-state index contributed by atoms with van der Waals surface area (Å²) in [7, 11) is -7.58. The molecule has 1 fully saturated rings. The molecule has 0 saturated carbocycles. The van der Waals surface area contributed by atoms with Crippen LogP contribution < -0.4 is 10.0 Å².